The summed E-state index contributed by atoms with van der Waals surface area (Å²) in [6.45, 7) is 4.97. The fourth-order valence-corrected chi connectivity index (χ4v) is 2.24. The Morgan fingerprint density at radius 2 is 1.76 bits per heavy atom. The lowest BCUT2D eigenvalue weighted by molar-refractivity contribution is 0.0357. The van der Waals surface area contributed by atoms with E-state index in [-0.39, 0.29) is 12.2 Å². The Morgan fingerprint density at radius 3 is 2.28 bits per heavy atom. The molecule has 2 rings (SSSR count). The molecule has 0 atom stereocenters. The van der Waals surface area contributed by atoms with E-state index in [1.165, 1.54) is 17.1 Å². The molecule has 0 aliphatic rings. The van der Waals surface area contributed by atoms with Crippen molar-refractivity contribution in [1.82, 2.24) is 10.4 Å². The Morgan fingerprint density at radius 1 is 1.12 bits per heavy atom. The number of hydrogen-bond acceptors (Lipinski definition) is 3. The van der Waals surface area contributed by atoms with E-state index in [4.69, 9.17) is 5.11 Å². The van der Waals surface area contributed by atoms with Crippen LogP contribution < -0.4 is 5.43 Å². The minimum atomic E-state index is -0.759. The van der Waals surface area contributed by atoms with E-state index in [9.17, 15) is 14.0 Å². The van der Waals surface area contributed by atoms with Crippen molar-refractivity contribution in [2.45, 2.75) is 32.9 Å². The third kappa shape index (κ3) is 4.42. The number of rotatable bonds is 3. The molecule has 0 saturated heterocycles. The standard InChI is InChI=1S/C19H21FN2O3/c1-19(2,3)22(18(25)14-7-5-4-6-8-14)21-17(24)15-10-9-13(12-23)11-16(15)20/h4-11,23H,12H2,1-3H3,(H,21,24). The number of amides is 2. The predicted octanol–water partition coefficient (Wildman–Crippen LogP) is 2.90. The number of nitrogens with zero attached hydrogens (tertiary/aromatic N) is 1. The van der Waals surface area contributed by atoms with Crippen molar-refractivity contribution in [2.24, 2.45) is 0 Å². The Labute approximate surface area is 146 Å². The van der Waals surface area contributed by atoms with Crippen LogP contribution in [0, 0.1) is 5.82 Å². The van der Waals surface area contributed by atoms with Gasteiger partial charge >= 0.3 is 0 Å². The molecule has 0 fully saturated rings. The van der Waals surface area contributed by atoms with Gasteiger partial charge in [0.15, 0.2) is 0 Å². The number of nitrogens with one attached hydrogen (secondary N) is 1. The van der Waals surface area contributed by atoms with Crippen molar-refractivity contribution in [2.75, 3.05) is 0 Å². The van der Waals surface area contributed by atoms with Gasteiger partial charge in [-0.15, -0.1) is 0 Å². The highest BCUT2D eigenvalue weighted by atomic mass is 19.1. The van der Waals surface area contributed by atoms with Crippen LogP contribution in [0.25, 0.3) is 0 Å². The molecule has 2 N–H and O–H groups in total. The number of aliphatic hydroxyl groups is 1. The van der Waals surface area contributed by atoms with Crippen molar-refractivity contribution in [3.8, 4) is 0 Å². The van der Waals surface area contributed by atoms with Gasteiger partial charge in [-0.2, -0.15) is 0 Å². The third-order valence-corrected chi connectivity index (χ3v) is 3.57. The zero-order valence-corrected chi connectivity index (χ0v) is 14.4. The van der Waals surface area contributed by atoms with Crippen molar-refractivity contribution in [3.63, 3.8) is 0 Å². The molecule has 2 aromatic rings. The maximum atomic E-state index is 14.1. The molecule has 2 aromatic carbocycles. The number of aliphatic hydroxyl groups excluding tert-OH is 1. The second-order valence-corrected chi connectivity index (χ2v) is 6.59. The molecule has 0 aliphatic carbocycles. The van der Waals surface area contributed by atoms with Gasteiger partial charge in [0.2, 0.25) is 0 Å². The minimum Gasteiger partial charge on any atom is -0.392 e. The highest BCUT2D eigenvalue weighted by Crippen LogP contribution is 2.17. The molecule has 5 nitrogen and oxygen atoms in total. The normalized spacial score (nSPS) is 11.1. The van der Waals surface area contributed by atoms with E-state index in [2.05, 4.69) is 5.43 Å². The number of carbonyl (C=O) groups excluding carboxylic acids is 2. The summed E-state index contributed by atoms with van der Waals surface area (Å²) in [7, 11) is 0. The van der Waals surface area contributed by atoms with E-state index in [1.807, 2.05) is 0 Å². The third-order valence-electron chi connectivity index (χ3n) is 3.57. The Hall–Kier alpha value is -2.73. The first kappa shape index (κ1) is 18.6. The summed E-state index contributed by atoms with van der Waals surface area (Å²) >= 11 is 0. The average molecular weight is 344 g/mol. The molecule has 2 amide bonds. The largest absolute Gasteiger partial charge is 0.392 e. The number of hydrazine groups is 1. The highest BCUT2D eigenvalue weighted by Gasteiger charge is 2.30. The molecule has 0 unspecified atom stereocenters. The van der Waals surface area contributed by atoms with E-state index >= 15 is 0 Å². The predicted molar refractivity (Wildman–Crippen MR) is 92.2 cm³/mol. The topological polar surface area (TPSA) is 69.6 Å². The fourth-order valence-electron chi connectivity index (χ4n) is 2.24. The fraction of sp³-hybridized carbons (Fsp3) is 0.263. The lowest BCUT2D eigenvalue weighted by Crippen LogP contribution is -2.56. The second-order valence-electron chi connectivity index (χ2n) is 6.59. The summed E-state index contributed by atoms with van der Waals surface area (Å²) in [5.41, 5.74) is 2.35. The molecular weight excluding hydrogens is 323 g/mol. The SMILES string of the molecule is CC(C)(C)N(NC(=O)c1ccc(CO)cc1F)C(=O)c1ccccc1. The lowest BCUT2D eigenvalue weighted by Gasteiger charge is -2.35. The van der Waals surface area contributed by atoms with Crippen LogP contribution in [0.1, 0.15) is 47.1 Å². The summed E-state index contributed by atoms with van der Waals surface area (Å²) in [4.78, 5) is 25.2. The van der Waals surface area contributed by atoms with Gasteiger partial charge in [0.25, 0.3) is 11.8 Å². The Kier molecular flexibility index (Phi) is 5.54. The van der Waals surface area contributed by atoms with Gasteiger partial charge in [-0.1, -0.05) is 24.3 Å². The first-order valence-corrected chi connectivity index (χ1v) is 7.84. The average Bonchev–Trinajstić information content (AvgIpc) is 2.58. The van der Waals surface area contributed by atoms with Crippen molar-refractivity contribution in [3.05, 3.63) is 71.0 Å². The van der Waals surface area contributed by atoms with Crippen molar-refractivity contribution >= 4 is 11.8 Å². The maximum absolute atomic E-state index is 14.1. The quantitative estimate of drug-likeness (QED) is 0.841. The Balaban J connectivity index is 2.29. The molecule has 0 heterocycles. The molecular formula is C19H21FN2O3. The van der Waals surface area contributed by atoms with E-state index < -0.39 is 23.2 Å². The zero-order valence-electron chi connectivity index (χ0n) is 14.4. The lowest BCUT2D eigenvalue weighted by atomic mass is 10.1. The zero-order chi connectivity index (χ0) is 18.6. The molecule has 0 radical (unpaired) electrons. The monoisotopic (exact) mass is 344 g/mol. The van der Waals surface area contributed by atoms with E-state index in [0.717, 1.165) is 6.07 Å². The first-order valence-electron chi connectivity index (χ1n) is 7.84. The molecule has 0 spiro atoms. The minimum absolute atomic E-state index is 0.202. The maximum Gasteiger partial charge on any atom is 0.272 e. The summed E-state index contributed by atoms with van der Waals surface area (Å²) in [6.07, 6.45) is 0. The molecule has 25 heavy (non-hydrogen) atoms. The van der Waals surface area contributed by atoms with Gasteiger partial charge in [0, 0.05) is 5.56 Å². The molecule has 0 aromatic heterocycles. The van der Waals surface area contributed by atoms with Gasteiger partial charge in [-0.25, -0.2) is 9.40 Å². The smallest absolute Gasteiger partial charge is 0.272 e. The first-order chi connectivity index (χ1) is 11.7. The van der Waals surface area contributed by atoms with Crippen LogP contribution in [0.3, 0.4) is 0 Å². The van der Waals surface area contributed by atoms with Crippen LogP contribution in [0.4, 0.5) is 4.39 Å². The van der Waals surface area contributed by atoms with E-state index in [1.54, 1.807) is 51.1 Å². The van der Waals surface area contributed by atoms with Gasteiger partial charge < -0.3 is 5.11 Å². The van der Waals surface area contributed by atoms with Crippen molar-refractivity contribution < 1.29 is 19.1 Å². The Bertz CT molecular complexity index is 770. The number of hydrogen-bond donors (Lipinski definition) is 2. The number of carbonyl (C=O) groups is 2. The molecule has 132 valence electrons. The summed E-state index contributed by atoms with van der Waals surface area (Å²) in [5.74, 6) is -1.89. The van der Waals surface area contributed by atoms with Gasteiger partial charge in [-0.05, 0) is 50.6 Å². The molecule has 0 saturated carbocycles. The summed E-state index contributed by atoms with van der Waals surface area (Å²) in [6, 6.07) is 12.4. The van der Waals surface area contributed by atoms with E-state index in [0.29, 0.717) is 11.1 Å². The molecule has 0 bridgehead atoms. The van der Waals surface area contributed by atoms with Crippen LogP contribution in [0.5, 0.6) is 0 Å². The van der Waals surface area contributed by atoms with Crippen molar-refractivity contribution in [1.29, 1.82) is 0 Å². The highest BCUT2D eigenvalue weighted by molar-refractivity contribution is 5.99. The van der Waals surface area contributed by atoms with Gasteiger partial charge in [0.05, 0.1) is 17.7 Å². The van der Waals surface area contributed by atoms with Gasteiger partial charge in [0.1, 0.15) is 5.82 Å². The van der Waals surface area contributed by atoms with Crippen LogP contribution in [0.15, 0.2) is 48.5 Å². The number of halogens is 1. The van der Waals surface area contributed by atoms with Crippen LogP contribution in [0.2, 0.25) is 0 Å². The second kappa shape index (κ2) is 7.44. The summed E-state index contributed by atoms with van der Waals surface area (Å²) < 4.78 is 14.1. The number of benzene rings is 2. The molecule has 6 heteroatoms. The molecule has 0 aliphatic heterocycles. The van der Waals surface area contributed by atoms with Crippen LogP contribution >= 0.6 is 0 Å². The van der Waals surface area contributed by atoms with Crippen LogP contribution in [-0.4, -0.2) is 27.5 Å². The summed E-state index contributed by atoms with van der Waals surface area (Å²) in [5, 5.41) is 10.2. The van der Waals surface area contributed by atoms with Gasteiger partial charge in [-0.3, -0.25) is 15.0 Å². The van der Waals surface area contributed by atoms with Crippen LogP contribution in [-0.2, 0) is 6.61 Å².